The number of hydrogen-bond acceptors (Lipinski definition) is 4. The van der Waals surface area contributed by atoms with Crippen LogP contribution >= 0.6 is 0 Å². The number of nitrogens with zero attached hydrogens (tertiary/aromatic N) is 2. The predicted molar refractivity (Wildman–Crippen MR) is 94.9 cm³/mol. The highest BCUT2D eigenvalue weighted by Crippen LogP contribution is 2.24. The molecule has 0 aliphatic heterocycles. The van der Waals surface area contributed by atoms with E-state index in [1.54, 1.807) is 44.4 Å². The number of likely N-dealkylation sites (N-methyl/N-ethyl adjacent to an activating group) is 1. The zero-order valence-corrected chi connectivity index (χ0v) is 15.3. The molecular formula is C19H24FN3O2. The van der Waals surface area contributed by atoms with E-state index < -0.39 is 6.04 Å². The molecule has 0 unspecified atom stereocenters. The smallest absolute Gasteiger partial charge is 0.242 e. The number of aryl methyl sites for hydroxylation is 1. The maximum atomic E-state index is 13.5. The molecular weight excluding hydrogens is 321 g/mol. The second kappa shape index (κ2) is 8.07. The lowest BCUT2D eigenvalue weighted by Crippen LogP contribution is -2.37. The molecule has 1 amide bonds. The highest BCUT2D eigenvalue weighted by atomic mass is 19.1. The van der Waals surface area contributed by atoms with Gasteiger partial charge in [-0.2, -0.15) is 0 Å². The summed E-state index contributed by atoms with van der Waals surface area (Å²) in [4.78, 5) is 18.8. The topological polar surface area (TPSA) is 54.5 Å². The third kappa shape index (κ3) is 4.33. The van der Waals surface area contributed by atoms with Crippen LogP contribution in [0.25, 0.3) is 0 Å². The summed E-state index contributed by atoms with van der Waals surface area (Å²) in [6.07, 6.45) is 1.73. The van der Waals surface area contributed by atoms with Crippen molar-refractivity contribution in [3.63, 3.8) is 0 Å². The average Bonchev–Trinajstić information content (AvgIpc) is 2.54. The summed E-state index contributed by atoms with van der Waals surface area (Å²) < 4.78 is 18.9. The van der Waals surface area contributed by atoms with Crippen molar-refractivity contribution < 1.29 is 13.9 Å². The summed E-state index contributed by atoms with van der Waals surface area (Å²) in [6, 6.07) is 5.50. The van der Waals surface area contributed by atoms with Crippen molar-refractivity contribution in [1.29, 1.82) is 0 Å². The number of nitrogens with one attached hydrogen (secondary N) is 1. The van der Waals surface area contributed by atoms with Gasteiger partial charge in [-0.25, -0.2) is 4.39 Å². The summed E-state index contributed by atoms with van der Waals surface area (Å²) in [7, 11) is 5.19. The van der Waals surface area contributed by atoms with Gasteiger partial charge in [0.1, 0.15) is 17.6 Å². The van der Waals surface area contributed by atoms with E-state index in [9.17, 15) is 9.18 Å². The first kappa shape index (κ1) is 18.9. The maximum Gasteiger partial charge on any atom is 0.242 e. The lowest BCUT2D eigenvalue weighted by molar-refractivity contribution is -0.126. The minimum absolute atomic E-state index is 0.212. The molecule has 1 heterocycles. The van der Waals surface area contributed by atoms with Crippen LogP contribution in [0.2, 0.25) is 0 Å². The molecule has 25 heavy (non-hydrogen) atoms. The lowest BCUT2D eigenvalue weighted by Gasteiger charge is -2.24. The molecule has 1 atom stereocenters. The number of benzene rings is 1. The molecule has 2 aromatic rings. The summed E-state index contributed by atoms with van der Waals surface area (Å²) in [6.45, 7) is 4.12. The van der Waals surface area contributed by atoms with Gasteiger partial charge in [-0.1, -0.05) is 12.1 Å². The first-order valence-electron chi connectivity index (χ1n) is 8.03. The number of methoxy groups -OCH3 is 1. The molecule has 5 nitrogen and oxygen atoms in total. The fraction of sp³-hybridized carbons (Fsp3) is 0.368. The van der Waals surface area contributed by atoms with Gasteiger partial charge in [-0.05, 0) is 45.6 Å². The second-order valence-corrected chi connectivity index (χ2v) is 6.19. The monoisotopic (exact) mass is 345 g/mol. The Balaban J connectivity index is 2.18. The molecule has 0 spiro atoms. The van der Waals surface area contributed by atoms with Gasteiger partial charge in [0, 0.05) is 17.3 Å². The van der Waals surface area contributed by atoms with Crippen LogP contribution in [0.1, 0.15) is 28.4 Å². The third-order valence-corrected chi connectivity index (χ3v) is 4.11. The van der Waals surface area contributed by atoms with Crippen molar-refractivity contribution in [2.75, 3.05) is 21.2 Å². The molecule has 1 N–H and O–H groups in total. The zero-order chi connectivity index (χ0) is 18.6. The first-order valence-corrected chi connectivity index (χ1v) is 8.03. The van der Waals surface area contributed by atoms with Crippen LogP contribution in [-0.4, -0.2) is 37.0 Å². The highest BCUT2D eigenvalue weighted by molar-refractivity contribution is 5.83. The van der Waals surface area contributed by atoms with Gasteiger partial charge in [0.2, 0.25) is 5.91 Å². The van der Waals surface area contributed by atoms with Crippen molar-refractivity contribution >= 4 is 5.91 Å². The number of hydrogen-bond donors (Lipinski definition) is 1. The van der Waals surface area contributed by atoms with Crippen LogP contribution in [-0.2, 0) is 11.3 Å². The van der Waals surface area contributed by atoms with Gasteiger partial charge < -0.3 is 10.1 Å². The van der Waals surface area contributed by atoms with Crippen LogP contribution in [0.4, 0.5) is 4.39 Å². The molecule has 2 rings (SSSR count). The Bertz CT molecular complexity index is 762. The van der Waals surface area contributed by atoms with Crippen molar-refractivity contribution in [2.24, 2.45) is 0 Å². The van der Waals surface area contributed by atoms with E-state index in [1.807, 2.05) is 13.8 Å². The fourth-order valence-electron chi connectivity index (χ4n) is 2.88. The highest BCUT2D eigenvalue weighted by Gasteiger charge is 2.23. The van der Waals surface area contributed by atoms with Crippen molar-refractivity contribution in [2.45, 2.75) is 26.4 Å². The van der Waals surface area contributed by atoms with E-state index in [0.29, 0.717) is 5.56 Å². The Morgan fingerprint density at radius 1 is 1.36 bits per heavy atom. The van der Waals surface area contributed by atoms with E-state index in [-0.39, 0.29) is 18.3 Å². The minimum Gasteiger partial charge on any atom is -0.496 e. The standard InChI is InChI=1S/C19H24FN3O2/c1-12-10-21-16(13(2)18(12)25-5)11-22-19(24)17(23(3)4)14-7-6-8-15(20)9-14/h6-10,17H,11H2,1-5H3,(H,22,24)/t17-/m1/s1. The number of carbonyl (C=O) groups excluding carboxylic acids is 1. The molecule has 134 valence electrons. The Hall–Kier alpha value is -2.47. The largest absolute Gasteiger partial charge is 0.496 e. The number of halogens is 1. The normalized spacial score (nSPS) is 12.1. The van der Waals surface area contributed by atoms with Gasteiger partial charge in [0.15, 0.2) is 0 Å². The Labute approximate surface area is 147 Å². The molecule has 0 fully saturated rings. The molecule has 1 aromatic heterocycles. The van der Waals surface area contributed by atoms with Gasteiger partial charge in [0.05, 0.1) is 19.3 Å². The number of pyridine rings is 1. The SMILES string of the molecule is COc1c(C)cnc(CNC(=O)[C@@H](c2cccc(F)c2)N(C)C)c1C. The lowest BCUT2D eigenvalue weighted by atomic mass is 10.0. The molecule has 0 aliphatic rings. The number of ether oxygens (including phenoxy) is 1. The van der Waals surface area contributed by atoms with Crippen molar-refractivity contribution in [1.82, 2.24) is 15.2 Å². The third-order valence-electron chi connectivity index (χ3n) is 4.11. The number of carbonyl (C=O) groups is 1. The molecule has 0 saturated heterocycles. The summed E-state index contributed by atoms with van der Waals surface area (Å²) >= 11 is 0. The maximum absolute atomic E-state index is 13.5. The van der Waals surface area contributed by atoms with E-state index in [0.717, 1.165) is 22.6 Å². The fourth-order valence-corrected chi connectivity index (χ4v) is 2.88. The van der Waals surface area contributed by atoms with Crippen molar-refractivity contribution in [3.05, 3.63) is 58.7 Å². The summed E-state index contributed by atoms with van der Waals surface area (Å²) in [5.41, 5.74) is 3.19. The van der Waals surface area contributed by atoms with Crippen LogP contribution < -0.4 is 10.1 Å². The first-order chi connectivity index (χ1) is 11.8. The molecule has 6 heteroatoms. The Morgan fingerprint density at radius 3 is 2.68 bits per heavy atom. The van der Waals surface area contributed by atoms with E-state index in [1.165, 1.54) is 12.1 Å². The quantitative estimate of drug-likeness (QED) is 0.875. The number of amides is 1. The van der Waals surface area contributed by atoms with Gasteiger partial charge in [-0.3, -0.25) is 14.7 Å². The molecule has 1 aromatic carbocycles. The molecule has 0 aliphatic carbocycles. The minimum atomic E-state index is -0.580. The number of aromatic nitrogens is 1. The van der Waals surface area contributed by atoms with Crippen LogP contribution in [0, 0.1) is 19.7 Å². The van der Waals surface area contributed by atoms with Crippen molar-refractivity contribution in [3.8, 4) is 5.75 Å². The van der Waals surface area contributed by atoms with Gasteiger partial charge in [-0.15, -0.1) is 0 Å². The van der Waals surface area contributed by atoms with Crippen LogP contribution in [0.3, 0.4) is 0 Å². The number of rotatable bonds is 6. The van der Waals surface area contributed by atoms with Gasteiger partial charge >= 0.3 is 0 Å². The van der Waals surface area contributed by atoms with E-state index >= 15 is 0 Å². The van der Waals surface area contributed by atoms with E-state index in [2.05, 4.69) is 10.3 Å². The van der Waals surface area contributed by atoms with Crippen LogP contribution in [0.15, 0.2) is 30.5 Å². The van der Waals surface area contributed by atoms with Crippen LogP contribution in [0.5, 0.6) is 5.75 Å². The molecule has 0 saturated carbocycles. The Morgan fingerprint density at radius 2 is 2.08 bits per heavy atom. The second-order valence-electron chi connectivity index (χ2n) is 6.19. The summed E-state index contributed by atoms with van der Waals surface area (Å²) in [5, 5.41) is 2.89. The summed E-state index contributed by atoms with van der Waals surface area (Å²) in [5.74, 6) is 0.197. The zero-order valence-electron chi connectivity index (χ0n) is 15.3. The van der Waals surface area contributed by atoms with Gasteiger partial charge in [0.25, 0.3) is 0 Å². The average molecular weight is 345 g/mol. The Kier molecular flexibility index (Phi) is 6.09. The molecule has 0 radical (unpaired) electrons. The molecule has 0 bridgehead atoms. The van der Waals surface area contributed by atoms with E-state index in [4.69, 9.17) is 4.74 Å². The predicted octanol–water partition coefficient (Wildman–Crippen LogP) is 2.77.